The lowest BCUT2D eigenvalue weighted by Gasteiger charge is -2.10. The van der Waals surface area contributed by atoms with Crippen molar-refractivity contribution in [1.82, 2.24) is 10.3 Å². The molecule has 19 heavy (non-hydrogen) atoms. The molecule has 1 aromatic heterocycles. The molecule has 98 valence electrons. The molecule has 0 saturated heterocycles. The number of aryl methyl sites for hydroxylation is 1. The van der Waals surface area contributed by atoms with Crippen molar-refractivity contribution in [3.05, 3.63) is 45.9 Å². The third-order valence-corrected chi connectivity index (χ3v) is 4.08. The van der Waals surface area contributed by atoms with Gasteiger partial charge >= 0.3 is 0 Å². The quantitative estimate of drug-likeness (QED) is 0.902. The van der Waals surface area contributed by atoms with E-state index in [9.17, 15) is 4.79 Å². The van der Waals surface area contributed by atoms with E-state index in [2.05, 4.69) is 15.6 Å². The van der Waals surface area contributed by atoms with Gasteiger partial charge in [0, 0.05) is 17.6 Å². The zero-order valence-electron chi connectivity index (χ0n) is 10.6. The third-order valence-electron chi connectivity index (χ3n) is 3.26. The zero-order valence-corrected chi connectivity index (χ0v) is 11.5. The summed E-state index contributed by atoms with van der Waals surface area (Å²) in [6.07, 6.45) is 0. The molecule has 0 fully saturated rings. The second-order valence-corrected chi connectivity index (χ2v) is 5.66. The van der Waals surface area contributed by atoms with Crippen LogP contribution < -0.4 is 10.6 Å². The van der Waals surface area contributed by atoms with Crippen molar-refractivity contribution >= 4 is 22.9 Å². The molecular formula is C14H15N3OS. The van der Waals surface area contributed by atoms with Crippen molar-refractivity contribution < 1.29 is 4.79 Å². The van der Waals surface area contributed by atoms with Crippen LogP contribution in [0.15, 0.2) is 29.6 Å². The van der Waals surface area contributed by atoms with Crippen molar-refractivity contribution in [1.29, 1.82) is 0 Å². The fraction of sp³-hybridized carbons (Fsp3) is 0.286. The lowest BCUT2D eigenvalue weighted by molar-refractivity contribution is -0.122. The fourth-order valence-electron chi connectivity index (χ4n) is 2.31. The number of amides is 1. The standard InChI is InChI=1S/C14H15N3OS/c1-9-17-10(8-19-9)6-16-14(18)12-7-15-13-5-3-2-4-11(12)13/h2-5,8,12,15H,6-7H2,1H3,(H,16,18). The summed E-state index contributed by atoms with van der Waals surface area (Å²) in [6, 6.07) is 7.96. The molecule has 1 atom stereocenters. The highest BCUT2D eigenvalue weighted by molar-refractivity contribution is 7.09. The van der Waals surface area contributed by atoms with Gasteiger partial charge in [0.15, 0.2) is 0 Å². The highest BCUT2D eigenvalue weighted by Gasteiger charge is 2.27. The molecule has 1 unspecified atom stereocenters. The number of thiazole rings is 1. The van der Waals surface area contributed by atoms with Gasteiger partial charge < -0.3 is 10.6 Å². The summed E-state index contributed by atoms with van der Waals surface area (Å²) in [4.78, 5) is 16.6. The molecule has 4 nitrogen and oxygen atoms in total. The van der Waals surface area contributed by atoms with Gasteiger partial charge in [-0.1, -0.05) is 18.2 Å². The van der Waals surface area contributed by atoms with Gasteiger partial charge in [0.2, 0.25) is 5.91 Å². The van der Waals surface area contributed by atoms with Gasteiger partial charge in [0.1, 0.15) is 0 Å². The van der Waals surface area contributed by atoms with Crippen LogP contribution in [0.1, 0.15) is 22.2 Å². The monoisotopic (exact) mass is 273 g/mol. The molecule has 2 N–H and O–H groups in total. The number of hydrogen-bond donors (Lipinski definition) is 2. The van der Waals surface area contributed by atoms with Crippen LogP contribution in [0.4, 0.5) is 5.69 Å². The Balaban J connectivity index is 1.66. The normalized spacial score (nSPS) is 16.8. The minimum Gasteiger partial charge on any atom is -0.384 e. The van der Waals surface area contributed by atoms with E-state index in [1.807, 2.05) is 36.6 Å². The van der Waals surface area contributed by atoms with Crippen LogP contribution in [0.5, 0.6) is 0 Å². The molecule has 0 aliphatic carbocycles. The number of nitrogens with zero attached hydrogens (tertiary/aromatic N) is 1. The average molecular weight is 273 g/mol. The summed E-state index contributed by atoms with van der Waals surface area (Å²) in [5, 5.41) is 9.23. The average Bonchev–Trinajstić information content (AvgIpc) is 3.02. The molecular weight excluding hydrogens is 258 g/mol. The Morgan fingerprint density at radius 1 is 1.53 bits per heavy atom. The van der Waals surface area contributed by atoms with Gasteiger partial charge in [0.05, 0.1) is 23.2 Å². The summed E-state index contributed by atoms with van der Waals surface area (Å²) in [5.41, 5.74) is 3.07. The van der Waals surface area contributed by atoms with Gasteiger partial charge in [-0.05, 0) is 18.6 Å². The Labute approximate surface area is 115 Å². The first kappa shape index (κ1) is 12.2. The number of hydrogen-bond acceptors (Lipinski definition) is 4. The van der Waals surface area contributed by atoms with E-state index in [-0.39, 0.29) is 11.8 Å². The number of carbonyl (C=O) groups excluding carboxylic acids is 1. The van der Waals surface area contributed by atoms with Gasteiger partial charge in [-0.15, -0.1) is 11.3 Å². The number of nitrogens with one attached hydrogen (secondary N) is 2. The summed E-state index contributed by atoms with van der Waals surface area (Å²) in [6.45, 7) is 3.14. The van der Waals surface area contributed by atoms with E-state index < -0.39 is 0 Å². The molecule has 1 aromatic carbocycles. The maximum Gasteiger partial charge on any atom is 0.229 e. The van der Waals surface area contributed by atoms with Crippen molar-refractivity contribution in [2.45, 2.75) is 19.4 Å². The van der Waals surface area contributed by atoms with Crippen LogP contribution in [-0.2, 0) is 11.3 Å². The molecule has 0 bridgehead atoms. The van der Waals surface area contributed by atoms with E-state index in [0.717, 1.165) is 22.0 Å². The Kier molecular flexibility index (Phi) is 3.21. The topological polar surface area (TPSA) is 54.0 Å². The maximum atomic E-state index is 12.2. The van der Waals surface area contributed by atoms with Gasteiger partial charge in [0.25, 0.3) is 0 Å². The number of para-hydroxylation sites is 1. The van der Waals surface area contributed by atoms with Crippen LogP contribution in [0, 0.1) is 6.92 Å². The van der Waals surface area contributed by atoms with Crippen molar-refractivity contribution in [2.24, 2.45) is 0 Å². The van der Waals surface area contributed by atoms with Gasteiger partial charge in [-0.25, -0.2) is 4.98 Å². The molecule has 0 spiro atoms. The number of anilines is 1. The predicted molar refractivity (Wildman–Crippen MR) is 76.4 cm³/mol. The molecule has 5 heteroatoms. The van der Waals surface area contributed by atoms with Crippen LogP contribution in [0.25, 0.3) is 0 Å². The second-order valence-electron chi connectivity index (χ2n) is 4.60. The van der Waals surface area contributed by atoms with Gasteiger partial charge in [-0.3, -0.25) is 4.79 Å². The van der Waals surface area contributed by atoms with Crippen molar-refractivity contribution in [3.8, 4) is 0 Å². The summed E-state index contributed by atoms with van der Waals surface area (Å²) >= 11 is 1.60. The van der Waals surface area contributed by atoms with E-state index in [1.54, 1.807) is 11.3 Å². The molecule has 0 saturated carbocycles. The van der Waals surface area contributed by atoms with E-state index >= 15 is 0 Å². The first-order chi connectivity index (χ1) is 9.24. The van der Waals surface area contributed by atoms with E-state index in [4.69, 9.17) is 0 Å². The lowest BCUT2D eigenvalue weighted by atomic mass is 10.0. The molecule has 2 heterocycles. The molecule has 1 amide bonds. The second kappa shape index (κ2) is 5.01. The van der Waals surface area contributed by atoms with Crippen LogP contribution >= 0.6 is 11.3 Å². The number of aromatic nitrogens is 1. The Morgan fingerprint density at radius 3 is 3.16 bits per heavy atom. The number of rotatable bonds is 3. The fourth-order valence-corrected chi connectivity index (χ4v) is 2.92. The summed E-state index contributed by atoms with van der Waals surface area (Å²) < 4.78 is 0. The Hall–Kier alpha value is -1.88. The minimum absolute atomic E-state index is 0.0584. The molecule has 0 radical (unpaired) electrons. The summed E-state index contributed by atoms with van der Waals surface area (Å²) in [7, 11) is 0. The van der Waals surface area contributed by atoms with Crippen molar-refractivity contribution in [2.75, 3.05) is 11.9 Å². The van der Waals surface area contributed by atoms with Crippen LogP contribution in [-0.4, -0.2) is 17.4 Å². The van der Waals surface area contributed by atoms with Gasteiger partial charge in [-0.2, -0.15) is 0 Å². The number of benzene rings is 1. The lowest BCUT2D eigenvalue weighted by Crippen LogP contribution is -2.30. The van der Waals surface area contributed by atoms with Crippen LogP contribution in [0.3, 0.4) is 0 Å². The highest BCUT2D eigenvalue weighted by Crippen LogP contribution is 2.30. The first-order valence-electron chi connectivity index (χ1n) is 6.25. The predicted octanol–water partition coefficient (Wildman–Crippen LogP) is 2.28. The summed E-state index contributed by atoms with van der Waals surface area (Å²) in [5.74, 6) is -0.0426. The molecule has 1 aliphatic heterocycles. The van der Waals surface area contributed by atoms with Crippen LogP contribution in [0.2, 0.25) is 0 Å². The zero-order chi connectivity index (χ0) is 13.2. The van der Waals surface area contributed by atoms with Crippen molar-refractivity contribution in [3.63, 3.8) is 0 Å². The largest absolute Gasteiger partial charge is 0.384 e. The highest BCUT2D eigenvalue weighted by atomic mass is 32.1. The maximum absolute atomic E-state index is 12.2. The third kappa shape index (κ3) is 2.46. The minimum atomic E-state index is -0.101. The Morgan fingerprint density at radius 2 is 2.37 bits per heavy atom. The number of carbonyl (C=O) groups is 1. The Bertz CT molecular complexity index is 608. The molecule has 3 rings (SSSR count). The molecule has 2 aromatic rings. The number of fused-ring (bicyclic) bond motifs is 1. The molecule has 1 aliphatic rings. The first-order valence-corrected chi connectivity index (χ1v) is 7.13. The SMILES string of the molecule is Cc1nc(CNC(=O)C2CNc3ccccc32)cs1. The smallest absolute Gasteiger partial charge is 0.229 e. The van der Waals surface area contributed by atoms with E-state index in [0.29, 0.717) is 13.1 Å². The van der Waals surface area contributed by atoms with E-state index in [1.165, 1.54) is 0 Å².